The minimum Gasteiger partial charge on any atom is -0.495 e. The number of carbonyl (C=O) groups is 1. The summed E-state index contributed by atoms with van der Waals surface area (Å²) in [6.45, 7) is 2.05. The maximum absolute atomic E-state index is 12.9. The molecule has 0 saturated carbocycles. The molecule has 1 N–H and O–H groups in total. The molecule has 1 fully saturated rings. The van der Waals surface area contributed by atoms with Gasteiger partial charge in [-0.3, -0.25) is 9.52 Å². The van der Waals surface area contributed by atoms with Gasteiger partial charge in [-0.15, -0.1) is 0 Å². The van der Waals surface area contributed by atoms with Crippen LogP contribution in [0.3, 0.4) is 0 Å². The van der Waals surface area contributed by atoms with Crippen molar-refractivity contribution in [2.24, 2.45) is 0 Å². The van der Waals surface area contributed by atoms with Crippen molar-refractivity contribution in [2.45, 2.75) is 11.8 Å². The second kappa shape index (κ2) is 8.03. The Morgan fingerprint density at radius 3 is 2.28 bits per heavy atom. The molecule has 29 heavy (non-hydrogen) atoms. The van der Waals surface area contributed by atoms with Gasteiger partial charge in [0.2, 0.25) is 0 Å². The van der Waals surface area contributed by atoms with E-state index in [2.05, 4.69) is 4.72 Å². The fourth-order valence-electron chi connectivity index (χ4n) is 2.95. The average Bonchev–Trinajstić information content (AvgIpc) is 2.68. The van der Waals surface area contributed by atoms with Crippen LogP contribution in [0.5, 0.6) is 5.75 Å². The number of benzene rings is 2. The summed E-state index contributed by atoms with van der Waals surface area (Å²) in [7, 11) is -5.80. The molecule has 1 amide bonds. The van der Waals surface area contributed by atoms with E-state index in [1.165, 1.54) is 30.2 Å². The molecule has 0 bridgehead atoms. The summed E-state index contributed by atoms with van der Waals surface area (Å²) in [6, 6.07) is 11.0. The number of sulfone groups is 1. The molecule has 156 valence electrons. The van der Waals surface area contributed by atoms with Crippen molar-refractivity contribution < 1.29 is 26.4 Å². The van der Waals surface area contributed by atoms with E-state index in [1.807, 2.05) is 6.92 Å². The molecular formula is C19H22N2O6S2. The van der Waals surface area contributed by atoms with E-state index < -0.39 is 25.8 Å². The Hall–Kier alpha value is -2.59. The van der Waals surface area contributed by atoms with E-state index in [1.54, 1.807) is 24.3 Å². The molecule has 0 atom stereocenters. The lowest BCUT2D eigenvalue weighted by Crippen LogP contribution is -2.43. The van der Waals surface area contributed by atoms with Gasteiger partial charge in [0.15, 0.2) is 9.84 Å². The Balaban J connectivity index is 1.90. The highest BCUT2D eigenvalue weighted by atomic mass is 32.2. The van der Waals surface area contributed by atoms with Gasteiger partial charge in [-0.05, 0) is 37.3 Å². The Morgan fingerprint density at radius 2 is 1.69 bits per heavy atom. The third-order valence-electron chi connectivity index (χ3n) is 4.64. The first kappa shape index (κ1) is 21.1. The molecule has 1 saturated heterocycles. The zero-order chi connectivity index (χ0) is 21.2. The van der Waals surface area contributed by atoms with E-state index in [-0.39, 0.29) is 40.8 Å². The Labute approximate surface area is 170 Å². The van der Waals surface area contributed by atoms with Gasteiger partial charge >= 0.3 is 0 Å². The zero-order valence-corrected chi connectivity index (χ0v) is 17.7. The van der Waals surface area contributed by atoms with Gasteiger partial charge in [-0.2, -0.15) is 0 Å². The third-order valence-corrected chi connectivity index (χ3v) is 7.65. The molecule has 1 heterocycles. The van der Waals surface area contributed by atoms with E-state index in [0.717, 1.165) is 5.56 Å². The number of nitrogens with one attached hydrogen (secondary N) is 1. The minimum absolute atomic E-state index is 0.0803. The third kappa shape index (κ3) is 4.88. The maximum atomic E-state index is 12.9. The first-order chi connectivity index (χ1) is 13.6. The molecule has 0 spiro atoms. The Morgan fingerprint density at radius 1 is 1.07 bits per heavy atom. The van der Waals surface area contributed by atoms with Crippen molar-refractivity contribution in [3.63, 3.8) is 0 Å². The zero-order valence-electron chi connectivity index (χ0n) is 16.1. The second-order valence-electron chi connectivity index (χ2n) is 6.78. The summed E-state index contributed by atoms with van der Waals surface area (Å²) in [5, 5.41) is 0. The fourth-order valence-corrected chi connectivity index (χ4v) is 5.41. The first-order valence-corrected chi connectivity index (χ1v) is 12.2. The molecular weight excluding hydrogens is 416 g/mol. The molecule has 3 rings (SSSR count). The second-order valence-corrected chi connectivity index (χ2v) is 10.7. The van der Waals surface area contributed by atoms with Crippen LogP contribution in [0.1, 0.15) is 15.9 Å². The van der Waals surface area contributed by atoms with Gasteiger partial charge in [-0.1, -0.05) is 17.7 Å². The molecule has 0 unspecified atom stereocenters. The van der Waals surface area contributed by atoms with Gasteiger partial charge in [0.05, 0.1) is 18.6 Å². The van der Waals surface area contributed by atoms with E-state index >= 15 is 0 Å². The number of hydrogen-bond donors (Lipinski definition) is 1. The van der Waals surface area contributed by atoms with Gasteiger partial charge in [0.1, 0.15) is 10.6 Å². The molecule has 8 nitrogen and oxygen atoms in total. The van der Waals surface area contributed by atoms with Crippen LogP contribution in [0.4, 0.5) is 5.69 Å². The molecule has 1 aliphatic rings. The highest BCUT2D eigenvalue weighted by Crippen LogP contribution is 2.28. The number of hydrogen-bond acceptors (Lipinski definition) is 6. The van der Waals surface area contributed by atoms with Crippen LogP contribution < -0.4 is 9.46 Å². The highest BCUT2D eigenvalue weighted by Gasteiger charge is 2.28. The van der Waals surface area contributed by atoms with Crippen molar-refractivity contribution in [2.75, 3.05) is 36.4 Å². The predicted molar refractivity (Wildman–Crippen MR) is 110 cm³/mol. The number of aryl methyl sites for hydroxylation is 1. The lowest BCUT2D eigenvalue weighted by molar-refractivity contribution is 0.0770. The quantitative estimate of drug-likeness (QED) is 0.761. The largest absolute Gasteiger partial charge is 0.495 e. The Bertz CT molecular complexity index is 1110. The van der Waals surface area contributed by atoms with E-state index in [0.29, 0.717) is 5.69 Å². The predicted octanol–water partition coefficient (Wildman–Crippen LogP) is 1.68. The molecule has 1 aliphatic heterocycles. The SMILES string of the molecule is COc1ccc(C(=O)N2CCS(=O)(=O)CC2)cc1S(=O)(=O)Nc1ccc(C)cc1. The number of amides is 1. The summed E-state index contributed by atoms with van der Waals surface area (Å²) in [6.07, 6.45) is 0. The standard InChI is InChI=1S/C19H22N2O6S2/c1-14-3-6-16(7-4-14)20-29(25,26)18-13-15(5-8-17(18)27-2)19(22)21-9-11-28(23,24)12-10-21/h3-8,13,20H,9-12H2,1-2H3. The van der Waals surface area contributed by atoms with Crippen LogP contribution in [0.15, 0.2) is 47.4 Å². The van der Waals surface area contributed by atoms with Gasteiger partial charge in [0, 0.05) is 24.3 Å². The lowest BCUT2D eigenvalue weighted by atomic mass is 10.2. The van der Waals surface area contributed by atoms with Crippen LogP contribution in [0.25, 0.3) is 0 Å². The van der Waals surface area contributed by atoms with Crippen LogP contribution in [-0.4, -0.2) is 59.3 Å². The fraction of sp³-hybridized carbons (Fsp3) is 0.316. The van der Waals surface area contributed by atoms with Crippen LogP contribution in [-0.2, 0) is 19.9 Å². The number of nitrogens with zero attached hydrogens (tertiary/aromatic N) is 1. The van der Waals surface area contributed by atoms with E-state index in [4.69, 9.17) is 4.74 Å². The summed E-state index contributed by atoms with van der Waals surface area (Å²) in [4.78, 5) is 14.0. The van der Waals surface area contributed by atoms with Crippen LogP contribution >= 0.6 is 0 Å². The molecule has 0 radical (unpaired) electrons. The summed E-state index contributed by atoms with van der Waals surface area (Å²) in [5.74, 6) is -0.527. The first-order valence-electron chi connectivity index (χ1n) is 8.88. The summed E-state index contributed by atoms with van der Waals surface area (Å²) >= 11 is 0. The number of ether oxygens (including phenoxy) is 1. The number of rotatable bonds is 5. The lowest BCUT2D eigenvalue weighted by Gasteiger charge is -2.27. The molecule has 10 heteroatoms. The number of carbonyl (C=O) groups excluding carboxylic acids is 1. The van der Waals surface area contributed by atoms with Crippen molar-refractivity contribution in [1.29, 1.82) is 0 Å². The summed E-state index contributed by atoms with van der Waals surface area (Å²) < 4.78 is 56.6. The van der Waals surface area contributed by atoms with Crippen molar-refractivity contribution >= 4 is 31.5 Å². The molecule has 0 aliphatic carbocycles. The van der Waals surface area contributed by atoms with Crippen LogP contribution in [0, 0.1) is 6.92 Å². The average molecular weight is 439 g/mol. The normalized spacial score (nSPS) is 16.3. The monoisotopic (exact) mass is 438 g/mol. The Kier molecular flexibility index (Phi) is 5.85. The molecule has 2 aromatic rings. The van der Waals surface area contributed by atoms with Gasteiger partial charge < -0.3 is 9.64 Å². The van der Waals surface area contributed by atoms with Crippen molar-refractivity contribution in [3.8, 4) is 5.75 Å². The number of anilines is 1. The smallest absolute Gasteiger partial charge is 0.265 e. The van der Waals surface area contributed by atoms with Crippen molar-refractivity contribution in [1.82, 2.24) is 4.90 Å². The maximum Gasteiger partial charge on any atom is 0.265 e. The topological polar surface area (TPSA) is 110 Å². The summed E-state index contributed by atoms with van der Waals surface area (Å²) in [5.41, 5.74) is 1.52. The minimum atomic E-state index is -4.02. The van der Waals surface area contributed by atoms with E-state index in [9.17, 15) is 21.6 Å². The highest BCUT2D eigenvalue weighted by molar-refractivity contribution is 7.92. The molecule has 0 aromatic heterocycles. The van der Waals surface area contributed by atoms with Crippen molar-refractivity contribution in [3.05, 3.63) is 53.6 Å². The molecule has 2 aromatic carbocycles. The van der Waals surface area contributed by atoms with Gasteiger partial charge in [0.25, 0.3) is 15.9 Å². The number of sulfonamides is 1. The van der Waals surface area contributed by atoms with Gasteiger partial charge in [-0.25, -0.2) is 16.8 Å². The number of methoxy groups -OCH3 is 1. The van der Waals surface area contributed by atoms with Crippen LogP contribution in [0.2, 0.25) is 0 Å².